The SMILES string of the molecule is NC(=O)COCCNC(=O)c1cc([N+](=O)[O-])ccc1N. The third-order valence-electron chi connectivity index (χ3n) is 2.27. The summed E-state index contributed by atoms with van der Waals surface area (Å²) in [6.07, 6.45) is 0. The van der Waals surface area contributed by atoms with Gasteiger partial charge < -0.3 is 21.5 Å². The van der Waals surface area contributed by atoms with E-state index in [0.29, 0.717) is 0 Å². The van der Waals surface area contributed by atoms with Crippen LogP contribution in [0.25, 0.3) is 0 Å². The van der Waals surface area contributed by atoms with E-state index in [1.54, 1.807) is 0 Å². The normalized spacial score (nSPS) is 10.0. The maximum Gasteiger partial charge on any atom is 0.270 e. The number of nitro benzene ring substituents is 1. The lowest BCUT2D eigenvalue weighted by molar-refractivity contribution is -0.384. The fraction of sp³-hybridized carbons (Fsp3) is 0.273. The molecule has 0 atom stereocenters. The van der Waals surface area contributed by atoms with Crippen molar-refractivity contribution in [3.63, 3.8) is 0 Å². The van der Waals surface area contributed by atoms with Crippen molar-refractivity contribution >= 4 is 23.2 Å². The van der Waals surface area contributed by atoms with Crippen molar-refractivity contribution in [3.8, 4) is 0 Å². The van der Waals surface area contributed by atoms with E-state index in [1.165, 1.54) is 12.1 Å². The van der Waals surface area contributed by atoms with E-state index in [2.05, 4.69) is 5.32 Å². The maximum absolute atomic E-state index is 11.8. The first-order valence-electron chi connectivity index (χ1n) is 5.60. The zero-order valence-electron chi connectivity index (χ0n) is 10.5. The van der Waals surface area contributed by atoms with Gasteiger partial charge in [-0.1, -0.05) is 0 Å². The van der Waals surface area contributed by atoms with E-state index in [1.807, 2.05) is 0 Å². The van der Waals surface area contributed by atoms with Gasteiger partial charge >= 0.3 is 0 Å². The number of amides is 2. The van der Waals surface area contributed by atoms with Gasteiger partial charge in [-0.2, -0.15) is 0 Å². The standard InChI is InChI=1S/C11H14N4O5/c12-9-2-1-7(15(18)19)5-8(9)11(17)14-3-4-20-6-10(13)16/h1-2,5H,3-4,6,12H2,(H2,13,16)(H,14,17). The molecule has 0 aliphatic rings. The summed E-state index contributed by atoms with van der Waals surface area (Å²) in [4.78, 5) is 32.2. The third-order valence-corrected chi connectivity index (χ3v) is 2.27. The van der Waals surface area contributed by atoms with Crippen LogP contribution in [0.5, 0.6) is 0 Å². The molecule has 2 amide bonds. The number of nitrogen functional groups attached to an aromatic ring is 1. The van der Waals surface area contributed by atoms with Crippen LogP contribution >= 0.6 is 0 Å². The van der Waals surface area contributed by atoms with Crippen molar-refractivity contribution in [3.05, 3.63) is 33.9 Å². The maximum atomic E-state index is 11.8. The second-order valence-corrected chi connectivity index (χ2v) is 3.80. The highest BCUT2D eigenvalue weighted by molar-refractivity contribution is 5.99. The van der Waals surface area contributed by atoms with E-state index < -0.39 is 16.7 Å². The molecule has 5 N–H and O–H groups in total. The average Bonchev–Trinajstić information content (AvgIpc) is 2.37. The van der Waals surface area contributed by atoms with Crippen LogP contribution in [0.2, 0.25) is 0 Å². The van der Waals surface area contributed by atoms with Crippen molar-refractivity contribution in [2.24, 2.45) is 5.73 Å². The van der Waals surface area contributed by atoms with Crippen LogP contribution in [-0.4, -0.2) is 36.5 Å². The van der Waals surface area contributed by atoms with Gasteiger partial charge in [-0.25, -0.2) is 0 Å². The third kappa shape index (κ3) is 4.53. The Morgan fingerprint density at radius 1 is 1.40 bits per heavy atom. The molecule has 0 bridgehead atoms. The van der Waals surface area contributed by atoms with Crippen molar-refractivity contribution in [1.82, 2.24) is 5.32 Å². The topological polar surface area (TPSA) is 151 Å². The Bertz CT molecular complexity index is 532. The highest BCUT2D eigenvalue weighted by Gasteiger charge is 2.14. The monoisotopic (exact) mass is 282 g/mol. The number of nitrogens with zero attached hydrogens (tertiary/aromatic N) is 1. The molecule has 0 aliphatic carbocycles. The number of hydrogen-bond donors (Lipinski definition) is 3. The summed E-state index contributed by atoms with van der Waals surface area (Å²) in [6, 6.07) is 3.59. The van der Waals surface area contributed by atoms with Crippen LogP contribution in [0.4, 0.5) is 11.4 Å². The number of nitrogens with two attached hydrogens (primary N) is 2. The summed E-state index contributed by atoms with van der Waals surface area (Å²) in [7, 11) is 0. The number of nitro groups is 1. The molecule has 0 spiro atoms. The minimum absolute atomic E-state index is 0.00843. The number of hydrogen-bond acceptors (Lipinski definition) is 6. The number of primary amides is 1. The van der Waals surface area contributed by atoms with Crippen LogP contribution in [-0.2, 0) is 9.53 Å². The average molecular weight is 282 g/mol. The number of anilines is 1. The van der Waals surface area contributed by atoms with E-state index in [9.17, 15) is 19.7 Å². The van der Waals surface area contributed by atoms with E-state index in [4.69, 9.17) is 16.2 Å². The van der Waals surface area contributed by atoms with Gasteiger partial charge in [0.05, 0.1) is 17.1 Å². The Morgan fingerprint density at radius 3 is 2.70 bits per heavy atom. The first kappa shape index (κ1) is 15.4. The molecule has 0 aromatic heterocycles. The zero-order chi connectivity index (χ0) is 15.1. The lowest BCUT2D eigenvalue weighted by atomic mass is 10.1. The molecule has 1 aromatic rings. The van der Waals surface area contributed by atoms with Gasteiger partial charge in [0.1, 0.15) is 6.61 Å². The van der Waals surface area contributed by atoms with Crippen LogP contribution in [0.3, 0.4) is 0 Å². The van der Waals surface area contributed by atoms with Gasteiger partial charge in [-0.3, -0.25) is 19.7 Å². The molecule has 0 unspecified atom stereocenters. The summed E-state index contributed by atoms with van der Waals surface area (Å²) in [5.74, 6) is -1.17. The predicted molar refractivity (Wildman–Crippen MR) is 69.9 cm³/mol. The fourth-order valence-corrected chi connectivity index (χ4v) is 1.36. The van der Waals surface area contributed by atoms with E-state index in [-0.39, 0.29) is 36.7 Å². The number of non-ortho nitro benzene ring substituents is 1. The number of rotatable bonds is 7. The fourth-order valence-electron chi connectivity index (χ4n) is 1.36. The lowest BCUT2D eigenvalue weighted by Gasteiger charge is -2.07. The molecule has 20 heavy (non-hydrogen) atoms. The molecule has 108 valence electrons. The molecule has 0 saturated carbocycles. The first-order chi connectivity index (χ1) is 9.41. The molecule has 0 saturated heterocycles. The van der Waals surface area contributed by atoms with Crippen molar-refractivity contribution in [2.45, 2.75) is 0 Å². The van der Waals surface area contributed by atoms with E-state index >= 15 is 0 Å². The van der Waals surface area contributed by atoms with Crippen molar-refractivity contribution < 1.29 is 19.2 Å². The Kier molecular flexibility index (Phi) is 5.42. The second kappa shape index (κ2) is 7.04. The first-order valence-corrected chi connectivity index (χ1v) is 5.60. The number of carbonyl (C=O) groups excluding carboxylic acids is 2. The molecule has 0 aliphatic heterocycles. The Hall–Kier alpha value is -2.68. The minimum Gasteiger partial charge on any atom is -0.398 e. The molecule has 0 fully saturated rings. The van der Waals surface area contributed by atoms with Crippen LogP contribution in [0.1, 0.15) is 10.4 Å². The predicted octanol–water partition coefficient (Wildman–Crippen LogP) is -0.591. The van der Waals surface area contributed by atoms with Crippen LogP contribution in [0.15, 0.2) is 18.2 Å². The Labute approximate surface area is 114 Å². The van der Waals surface area contributed by atoms with Crippen molar-refractivity contribution in [2.75, 3.05) is 25.5 Å². The molecule has 9 nitrogen and oxygen atoms in total. The van der Waals surface area contributed by atoms with Crippen LogP contribution < -0.4 is 16.8 Å². The molecular formula is C11H14N4O5. The molecular weight excluding hydrogens is 268 g/mol. The molecule has 1 aromatic carbocycles. The molecule has 9 heteroatoms. The number of nitrogens with one attached hydrogen (secondary N) is 1. The van der Waals surface area contributed by atoms with Gasteiger partial charge in [0.15, 0.2) is 0 Å². The lowest BCUT2D eigenvalue weighted by Crippen LogP contribution is -2.29. The van der Waals surface area contributed by atoms with Gasteiger partial charge in [0.2, 0.25) is 5.91 Å². The molecule has 1 rings (SSSR count). The smallest absolute Gasteiger partial charge is 0.270 e. The highest BCUT2D eigenvalue weighted by atomic mass is 16.6. The largest absolute Gasteiger partial charge is 0.398 e. The summed E-state index contributed by atoms with van der Waals surface area (Å²) in [5, 5.41) is 13.1. The summed E-state index contributed by atoms with van der Waals surface area (Å²) in [5.41, 5.74) is 10.4. The number of benzene rings is 1. The van der Waals surface area contributed by atoms with Gasteiger partial charge in [0.25, 0.3) is 11.6 Å². The summed E-state index contributed by atoms with van der Waals surface area (Å²) < 4.78 is 4.84. The Balaban J connectivity index is 2.57. The van der Waals surface area contributed by atoms with Gasteiger partial charge in [0, 0.05) is 24.4 Å². The van der Waals surface area contributed by atoms with E-state index in [0.717, 1.165) is 6.07 Å². The Morgan fingerprint density at radius 2 is 2.10 bits per heavy atom. The van der Waals surface area contributed by atoms with Gasteiger partial charge in [-0.15, -0.1) is 0 Å². The van der Waals surface area contributed by atoms with Gasteiger partial charge in [-0.05, 0) is 6.07 Å². The highest BCUT2D eigenvalue weighted by Crippen LogP contribution is 2.19. The van der Waals surface area contributed by atoms with Crippen LogP contribution in [0, 0.1) is 10.1 Å². The second-order valence-electron chi connectivity index (χ2n) is 3.80. The number of carbonyl (C=O) groups is 2. The quantitative estimate of drug-likeness (QED) is 0.263. The number of ether oxygens (including phenoxy) is 1. The summed E-state index contributed by atoms with van der Waals surface area (Å²) in [6.45, 7) is -0.0351. The van der Waals surface area contributed by atoms with Crippen molar-refractivity contribution in [1.29, 1.82) is 0 Å². The zero-order valence-corrected chi connectivity index (χ0v) is 10.5. The molecule has 0 radical (unpaired) electrons. The summed E-state index contributed by atoms with van der Waals surface area (Å²) >= 11 is 0. The molecule has 0 heterocycles. The minimum atomic E-state index is -0.619.